The molecule has 1 aromatic rings. The quantitative estimate of drug-likeness (QED) is 0.605. The minimum Gasteiger partial charge on any atom is -0.451 e. The number of hydrogen-bond donors (Lipinski definition) is 0. The first-order valence-corrected chi connectivity index (χ1v) is 7.52. The van der Waals surface area contributed by atoms with Crippen LogP contribution in [0, 0.1) is 0 Å². The molecule has 96 valence electrons. The van der Waals surface area contributed by atoms with Crippen LogP contribution in [0.1, 0.15) is 29.8 Å². The fourth-order valence-electron chi connectivity index (χ4n) is 1.79. The van der Waals surface area contributed by atoms with Crippen LogP contribution in [0.25, 0.3) is 6.08 Å². The van der Waals surface area contributed by atoms with Gasteiger partial charge in [-0.1, -0.05) is 22.0 Å². The van der Waals surface area contributed by atoms with Gasteiger partial charge in [-0.05, 0) is 23.4 Å². The third-order valence-corrected chi connectivity index (χ3v) is 3.55. The Bertz CT molecular complexity index is 523. The molecule has 0 N–H and O–H groups in total. The molecule has 1 aromatic carbocycles. The molecule has 0 amide bonds. The summed E-state index contributed by atoms with van der Waals surface area (Å²) in [5, 5.41) is 0. The Balaban J connectivity index is 2.66. The van der Waals surface area contributed by atoms with E-state index in [1.165, 1.54) is 11.8 Å². The molecule has 0 bridgehead atoms. The number of hydrogen-bond acceptors (Lipinski definition) is 4. The van der Waals surface area contributed by atoms with E-state index < -0.39 is 5.79 Å². The molecule has 1 aliphatic rings. The van der Waals surface area contributed by atoms with Crippen molar-refractivity contribution in [3.63, 3.8) is 0 Å². The van der Waals surface area contributed by atoms with Gasteiger partial charge >= 0.3 is 5.97 Å². The normalized spacial score (nSPS) is 17.2. The minimum absolute atomic E-state index is 0.338. The van der Waals surface area contributed by atoms with Crippen LogP contribution in [0.15, 0.2) is 22.0 Å². The fourth-order valence-corrected chi connectivity index (χ4v) is 2.66. The highest BCUT2D eigenvalue weighted by Crippen LogP contribution is 2.39. The van der Waals surface area contributed by atoms with Crippen LogP contribution in [-0.2, 0) is 4.74 Å². The number of benzene rings is 1. The first-order valence-electron chi connectivity index (χ1n) is 5.38. The second-order valence-electron chi connectivity index (χ2n) is 4.25. The number of carbonyl (C=O) groups excluding carboxylic acids is 1. The number of thioether (sulfide) groups is 1. The summed E-state index contributed by atoms with van der Waals surface area (Å²) in [5.74, 6) is -0.690. The summed E-state index contributed by atoms with van der Waals surface area (Å²) < 4.78 is 11.1. The zero-order valence-corrected chi connectivity index (χ0v) is 12.7. The molecule has 0 aliphatic carbocycles. The van der Waals surface area contributed by atoms with Crippen LogP contribution in [0.3, 0.4) is 0 Å². The molecule has 0 saturated heterocycles. The van der Waals surface area contributed by atoms with Gasteiger partial charge in [0.1, 0.15) is 11.3 Å². The number of halogens is 1. The molecule has 3 nitrogen and oxygen atoms in total. The van der Waals surface area contributed by atoms with Crippen LogP contribution >= 0.6 is 27.7 Å². The standard InChI is InChI=1S/C13H13BrO3S/c1-13(2)16-11-8(6-7-14)4-5-9(18-3)10(11)12(15)17-13/h4-7H,1-3H3/b7-6-. The summed E-state index contributed by atoms with van der Waals surface area (Å²) >= 11 is 4.73. The monoisotopic (exact) mass is 328 g/mol. The van der Waals surface area contributed by atoms with Gasteiger partial charge in [0.15, 0.2) is 0 Å². The van der Waals surface area contributed by atoms with Crippen LogP contribution in [0.5, 0.6) is 5.75 Å². The summed E-state index contributed by atoms with van der Waals surface area (Å²) in [6.45, 7) is 3.45. The Labute approximate surface area is 119 Å². The van der Waals surface area contributed by atoms with Crippen molar-refractivity contribution in [2.24, 2.45) is 0 Å². The van der Waals surface area contributed by atoms with Crippen LogP contribution < -0.4 is 4.74 Å². The Morgan fingerprint density at radius 3 is 2.67 bits per heavy atom. The number of rotatable bonds is 2. The maximum Gasteiger partial charge on any atom is 0.346 e. The predicted octanol–water partition coefficient (Wildman–Crippen LogP) is 4.06. The topological polar surface area (TPSA) is 35.5 Å². The van der Waals surface area contributed by atoms with Gasteiger partial charge in [-0.25, -0.2) is 4.79 Å². The zero-order valence-electron chi connectivity index (χ0n) is 10.3. The van der Waals surface area contributed by atoms with Gasteiger partial charge in [-0.2, -0.15) is 0 Å². The van der Waals surface area contributed by atoms with Crippen molar-refractivity contribution in [3.05, 3.63) is 28.2 Å². The van der Waals surface area contributed by atoms with E-state index in [0.29, 0.717) is 11.3 Å². The molecule has 0 spiro atoms. The predicted molar refractivity (Wildman–Crippen MR) is 76.3 cm³/mol. The highest BCUT2D eigenvalue weighted by Gasteiger charge is 2.36. The Hall–Kier alpha value is -0.940. The van der Waals surface area contributed by atoms with E-state index in [4.69, 9.17) is 9.47 Å². The molecular weight excluding hydrogens is 316 g/mol. The molecule has 0 aromatic heterocycles. The second kappa shape index (κ2) is 4.97. The van der Waals surface area contributed by atoms with Crippen molar-refractivity contribution in [3.8, 4) is 5.75 Å². The van der Waals surface area contributed by atoms with E-state index in [0.717, 1.165) is 10.5 Å². The van der Waals surface area contributed by atoms with Gasteiger partial charge in [0.2, 0.25) is 5.79 Å². The summed E-state index contributed by atoms with van der Waals surface area (Å²) in [7, 11) is 0. The summed E-state index contributed by atoms with van der Waals surface area (Å²) in [6, 6.07) is 3.83. The maximum absolute atomic E-state index is 12.1. The number of ether oxygens (including phenoxy) is 2. The van der Waals surface area contributed by atoms with Crippen LogP contribution in [0.2, 0.25) is 0 Å². The number of cyclic esters (lactones) is 1. The first kappa shape index (κ1) is 13.5. The van der Waals surface area contributed by atoms with Crippen LogP contribution in [-0.4, -0.2) is 18.0 Å². The van der Waals surface area contributed by atoms with Crippen molar-refractivity contribution in [1.82, 2.24) is 0 Å². The molecule has 1 heterocycles. The lowest BCUT2D eigenvalue weighted by atomic mass is 10.1. The summed E-state index contributed by atoms with van der Waals surface area (Å²) in [6.07, 6.45) is 3.76. The molecule has 0 saturated carbocycles. The Morgan fingerprint density at radius 2 is 2.06 bits per heavy atom. The molecule has 0 radical (unpaired) electrons. The average molecular weight is 329 g/mol. The van der Waals surface area contributed by atoms with E-state index in [1.54, 1.807) is 18.8 Å². The van der Waals surface area contributed by atoms with Crippen molar-refractivity contribution < 1.29 is 14.3 Å². The molecule has 1 aliphatic heterocycles. The van der Waals surface area contributed by atoms with Crippen LogP contribution in [0.4, 0.5) is 0 Å². The lowest BCUT2D eigenvalue weighted by Gasteiger charge is -2.33. The number of esters is 1. The van der Waals surface area contributed by atoms with Crippen molar-refractivity contribution in [2.45, 2.75) is 24.5 Å². The number of fused-ring (bicyclic) bond motifs is 1. The summed E-state index contributed by atoms with van der Waals surface area (Å²) in [4.78, 5) is 14.7. The molecule has 0 fully saturated rings. The molecular formula is C13H13BrO3S. The van der Waals surface area contributed by atoms with Gasteiger partial charge < -0.3 is 9.47 Å². The van der Waals surface area contributed by atoms with Gasteiger partial charge in [0, 0.05) is 24.3 Å². The second-order valence-corrected chi connectivity index (χ2v) is 5.62. The first-order chi connectivity index (χ1) is 8.48. The highest BCUT2D eigenvalue weighted by molar-refractivity contribution is 9.11. The lowest BCUT2D eigenvalue weighted by molar-refractivity contribution is -0.128. The maximum atomic E-state index is 12.1. The lowest BCUT2D eigenvalue weighted by Crippen LogP contribution is -2.39. The van der Waals surface area contributed by atoms with Gasteiger partial charge in [0.05, 0.1) is 0 Å². The zero-order chi connectivity index (χ0) is 13.3. The van der Waals surface area contributed by atoms with E-state index in [-0.39, 0.29) is 5.97 Å². The van der Waals surface area contributed by atoms with Gasteiger partial charge in [0.25, 0.3) is 0 Å². The Kier molecular flexibility index (Phi) is 3.73. The van der Waals surface area contributed by atoms with Gasteiger partial charge in [-0.15, -0.1) is 11.8 Å². The highest BCUT2D eigenvalue weighted by atomic mass is 79.9. The SMILES string of the molecule is CSc1ccc(/C=C\Br)c2c1C(=O)OC(C)(C)O2. The smallest absolute Gasteiger partial charge is 0.346 e. The summed E-state index contributed by atoms with van der Waals surface area (Å²) in [5.41, 5.74) is 1.36. The molecule has 0 atom stereocenters. The van der Waals surface area contributed by atoms with E-state index in [9.17, 15) is 4.79 Å². The van der Waals surface area contributed by atoms with Crippen molar-refractivity contribution >= 4 is 39.7 Å². The third kappa shape index (κ3) is 2.42. The number of carbonyl (C=O) groups is 1. The minimum atomic E-state index is -0.935. The molecule has 0 unspecified atom stereocenters. The fraction of sp³-hybridized carbons (Fsp3) is 0.308. The molecule has 2 rings (SSSR count). The van der Waals surface area contributed by atoms with E-state index >= 15 is 0 Å². The van der Waals surface area contributed by atoms with Gasteiger partial charge in [-0.3, -0.25) is 0 Å². The molecule has 5 heteroatoms. The largest absolute Gasteiger partial charge is 0.451 e. The van der Waals surface area contributed by atoms with Crippen molar-refractivity contribution in [2.75, 3.05) is 6.26 Å². The Morgan fingerprint density at radius 1 is 1.33 bits per heavy atom. The third-order valence-electron chi connectivity index (χ3n) is 2.50. The van der Waals surface area contributed by atoms with E-state index in [1.807, 2.05) is 24.5 Å². The van der Waals surface area contributed by atoms with E-state index in [2.05, 4.69) is 15.9 Å². The van der Waals surface area contributed by atoms with Crippen molar-refractivity contribution in [1.29, 1.82) is 0 Å². The molecule has 18 heavy (non-hydrogen) atoms. The average Bonchev–Trinajstić information content (AvgIpc) is 2.28.